The van der Waals surface area contributed by atoms with Crippen LogP contribution in [0.1, 0.15) is 54.8 Å². The van der Waals surface area contributed by atoms with E-state index in [0.29, 0.717) is 24.0 Å². The van der Waals surface area contributed by atoms with E-state index in [9.17, 15) is 0 Å². The van der Waals surface area contributed by atoms with Crippen LogP contribution >= 0.6 is 0 Å². The van der Waals surface area contributed by atoms with Crippen LogP contribution in [0.5, 0.6) is 0 Å². The monoisotopic (exact) mass is 339 g/mol. The number of hydrogen-bond donors (Lipinski definition) is 1. The van der Waals surface area contributed by atoms with Gasteiger partial charge in [0.25, 0.3) is 5.89 Å². The van der Waals surface area contributed by atoms with E-state index in [1.54, 1.807) is 4.68 Å². The highest BCUT2D eigenvalue weighted by molar-refractivity contribution is 5.18. The van der Waals surface area contributed by atoms with Gasteiger partial charge in [0, 0.05) is 6.42 Å². The first-order chi connectivity index (χ1) is 12.2. The summed E-state index contributed by atoms with van der Waals surface area (Å²) in [5.41, 5.74) is 7.13. The van der Waals surface area contributed by atoms with Crippen LogP contribution in [0.15, 0.2) is 34.9 Å². The Balaban J connectivity index is 1.69. The van der Waals surface area contributed by atoms with Crippen molar-refractivity contribution in [1.82, 2.24) is 30.3 Å². The zero-order chi connectivity index (χ0) is 17.3. The summed E-state index contributed by atoms with van der Waals surface area (Å²) >= 11 is 0. The van der Waals surface area contributed by atoms with E-state index >= 15 is 0 Å². The van der Waals surface area contributed by atoms with Crippen molar-refractivity contribution in [2.45, 2.75) is 50.6 Å². The normalized spacial score (nSPS) is 17.7. The van der Waals surface area contributed by atoms with Crippen molar-refractivity contribution in [3.8, 4) is 0 Å². The molecule has 0 saturated heterocycles. The van der Waals surface area contributed by atoms with Gasteiger partial charge < -0.3 is 10.3 Å². The molecule has 1 aliphatic rings. The molecule has 25 heavy (non-hydrogen) atoms. The highest BCUT2D eigenvalue weighted by Crippen LogP contribution is 2.35. The van der Waals surface area contributed by atoms with Gasteiger partial charge in [-0.1, -0.05) is 48.3 Å². The first-order valence-electron chi connectivity index (χ1n) is 8.57. The van der Waals surface area contributed by atoms with Crippen LogP contribution in [-0.4, -0.2) is 30.3 Å². The van der Waals surface area contributed by atoms with Crippen LogP contribution in [-0.2, 0) is 12.0 Å². The summed E-state index contributed by atoms with van der Waals surface area (Å²) < 4.78 is 7.32. The molecule has 130 valence electrons. The van der Waals surface area contributed by atoms with E-state index in [1.807, 2.05) is 25.1 Å². The number of aryl methyl sites for hydroxylation is 1. The third-order valence-corrected chi connectivity index (χ3v) is 4.89. The lowest BCUT2D eigenvalue weighted by Gasteiger charge is -2.18. The molecule has 0 bridgehead atoms. The molecule has 0 amide bonds. The van der Waals surface area contributed by atoms with Crippen molar-refractivity contribution in [2.75, 3.05) is 0 Å². The van der Waals surface area contributed by atoms with Gasteiger partial charge in [0.15, 0.2) is 5.82 Å². The SMILES string of the molecule is Cc1nnnn1C(Cc1ccccc1)c1nc(C2(N)CCCC2)no1. The fraction of sp³-hybridized carbons (Fsp3) is 0.471. The molecule has 8 heteroatoms. The molecule has 4 rings (SSSR count). The number of nitrogens with two attached hydrogens (primary N) is 1. The van der Waals surface area contributed by atoms with Gasteiger partial charge >= 0.3 is 0 Å². The molecule has 1 aliphatic carbocycles. The number of rotatable bonds is 5. The third-order valence-electron chi connectivity index (χ3n) is 4.89. The van der Waals surface area contributed by atoms with E-state index in [0.717, 1.165) is 31.2 Å². The maximum Gasteiger partial charge on any atom is 0.252 e. The van der Waals surface area contributed by atoms with E-state index in [2.05, 4.69) is 37.8 Å². The van der Waals surface area contributed by atoms with E-state index < -0.39 is 5.54 Å². The molecule has 0 spiro atoms. The molecular weight excluding hydrogens is 318 g/mol. The molecule has 8 nitrogen and oxygen atoms in total. The molecule has 1 aromatic carbocycles. The summed E-state index contributed by atoms with van der Waals surface area (Å²) in [4.78, 5) is 4.64. The number of benzene rings is 1. The summed E-state index contributed by atoms with van der Waals surface area (Å²) in [7, 11) is 0. The fourth-order valence-electron chi connectivity index (χ4n) is 3.44. The lowest BCUT2D eigenvalue weighted by atomic mass is 9.98. The average molecular weight is 339 g/mol. The first kappa shape index (κ1) is 15.9. The minimum Gasteiger partial charge on any atom is -0.337 e. The van der Waals surface area contributed by atoms with Crippen LogP contribution in [0.25, 0.3) is 0 Å². The average Bonchev–Trinajstić information content (AvgIpc) is 3.35. The molecule has 2 aromatic heterocycles. The Hall–Kier alpha value is -2.61. The highest BCUT2D eigenvalue weighted by Gasteiger charge is 2.37. The molecule has 0 aliphatic heterocycles. The van der Waals surface area contributed by atoms with Crippen molar-refractivity contribution in [1.29, 1.82) is 0 Å². The summed E-state index contributed by atoms with van der Waals surface area (Å²) in [5.74, 6) is 1.78. The minimum absolute atomic E-state index is 0.261. The van der Waals surface area contributed by atoms with Gasteiger partial charge in [-0.25, -0.2) is 4.68 Å². The second-order valence-corrected chi connectivity index (χ2v) is 6.70. The predicted molar refractivity (Wildman–Crippen MR) is 89.5 cm³/mol. The van der Waals surface area contributed by atoms with E-state index in [-0.39, 0.29) is 6.04 Å². The molecule has 1 saturated carbocycles. The topological polar surface area (TPSA) is 109 Å². The molecule has 1 atom stereocenters. The van der Waals surface area contributed by atoms with Crippen molar-refractivity contribution >= 4 is 0 Å². The maximum atomic E-state index is 6.46. The number of hydrogen-bond acceptors (Lipinski definition) is 7. The standard InChI is InChI=1S/C17H21N7O/c1-12-20-22-23-24(12)14(11-13-7-3-2-4-8-13)15-19-16(21-25-15)17(18)9-5-6-10-17/h2-4,7-8,14H,5-6,9-11,18H2,1H3. The van der Waals surface area contributed by atoms with Gasteiger partial charge in [-0.05, 0) is 35.8 Å². The van der Waals surface area contributed by atoms with Crippen LogP contribution in [0, 0.1) is 6.92 Å². The second-order valence-electron chi connectivity index (χ2n) is 6.70. The van der Waals surface area contributed by atoms with Gasteiger partial charge in [-0.2, -0.15) is 4.98 Å². The van der Waals surface area contributed by atoms with Crippen LogP contribution in [0.2, 0.25) is 0 Å². The Morgan fingerprint density at radius 2 is 2.00 bits per heavy atom. The molecule has 0 radical (unpaired) electrons. The van der Waals surface area contributed by atoms with Crippen molar-refractivity contribution < 1.29 is 4.52 Å². The third kappa shape index (κ3) is 3.05. The fourth-order valence-corrected chi connectivity index (χ4v) is 3.44. The Kier molecular flexibility index (Phi) is 4.04. The van der Waals surface area contributed by atoms with Gasteiger partial charge in [0.2, 0.25) is 0 Å². The Morgan fingerprint density at radius 1 is 1.24 bits per heavy atom. The van der Waals surface area contributed by atoms with Gasteiger partial charge in [0.1, 0.15) is 11.9 Å². The van der Waals surface area contributed by atoms with Crippen molar-refractivity contribution in [3.05, 3.63) is 53.4 Å². The second kappa shape index (κ2) is 6.36. The van der Waals surface area contributed by atoms with Crippen molar-refractivity contribution in [3.63, 3.8) is 0 Å². The first-order valence-corrected chi connectivity index (χ1v) is 8.57. The number of aromatic nitrogens is 6. The maximum absolute atomic E-state index is 6.46. The number of nitrogens with zero attached hydrogens (tertiary/aromatic N) is 6. The van der Waals surface area contributed by atoms with Gasteiger partial charge in [-0.15, -0.1) is 5.10 Å². The van der Waals surface area contributed by atoms with Crippen LogP contribution in [0.4, 0.5) is 0 Å². The number of tetrazole rings is 1. The summed E-state index contributed by atoms with van der Waals surface area (Å²) in [5, 5.41) is 16.0. The molecule has 2 N–H and O–H groups in total. The lowest BCUT2D eigenvalue weighted by Crippen LogP contribution is -2.34. The predicted octanol–water partition coefficient (Wildman–Crippen LogP) is 1.92. The van der Waals surface area contributed by atoms with Gasteiger partial charge in [0.05, 0.1) is 5.54 Å². The lowest BCUT2D eigenvalue weighted by molar-refractivity contribution is 0.309. The molecular formula is C17H21N7O. The van der Waals surface area contributed by atoms with E-state index in [1.165, 1.54) is 0 Å². The van der Waals surface area contributed by atoms with Crippen LogP contribution in [0.3, 0.4) is 0 Å². The molecule has 2 heterocycles. The zero-order valence-corrected chi connectivity index (χ0v) is 14.2. The van der Waals surface area contributed by atoms with Gasteiger partial charge in [-0.3, -0.25) is 0 Å². The Bertz CT molecular complexity index is 836. The minimum atomic E-state index is -0.477. The largest absolute Gasteiger partial charge is 0.337 e. The Morgan fingerprint density at radius 3 is 2.68 bits per heavy atom. The molecule has 1 fully saturated rings. The summed E-state index contributed by atoms with van der Waals surface area (Å²) in [6.45, 7) is 1.86. The van der Waals surface area contributed by atoms with Crippen LogP contribution < -0.4 is 5.73 Å². The Labute approximate surface area is 145 Å². The van der Waals surface area contributed by atoms with Crippen molar-refractivity contribution in [2.24, 2.45) is 5.73 Å². The zero-order valence-electron chi connectivity index (χ0n) is 14.2. The molecule has 3 aromatic rings. The smallest absolute Gasteiger partial charge is 0.252 e. The molecule has 1 unspecified atom stereocenters. The van der Waals surface area contributed by atoms with E-state index in [4.69, 9.17) is 10.3 Å². The highest BCUT2D eigenvalue weighted by atomic mass is 16.5. The summed E-state index contributed by atoms with van der Waals surface area (Å²) in [6, 6.07) is 9.86. The summed E-state index contributed by atoms with van der Waals surface area (Å²) in [6.07, 6.45) is 4.63. The quantitative estimate of drug-likeness (QED) is 0.756.